The molecule has 1 aromatic carbocycles. The van der Waals surface area contributed by atoms with E-state index < -0.39 is 11.6 Å². The second kappa shape index (κ2) is 7.63. The highest BCUT2D eigenvalue weighted by Gasteiger charge is 2.21. The fourth-order valence-electron chi connectivity index (χ4n) is 2.94. The van der Waals surface area contributed by atoms with Gasteiger partial charge in [-0.2, -0.15) is 0 Å². The summed E-state index contributed by atoms with van der Waals surface area (Å²) in [5, 5.41) is 0. The first kappa shape index (κ1) is 16.7. The van der Waals surface area contributed by atoms with Crippen molar-refractivity contribution in [3.63, 3.8) is 0 Å². The quantitative estimate of drug-likeness (QED) is 0.925. The van der Waals surface area contributed by atoms with Gasteiger partial charge in [0.25, 0.3) is 5.56 Å². The normalized spacial score (nSPS) is 19.2. The van der Waals surface area contributed by atoms with Gasteiger partial charge in [0.15, 0.2) is 0 Å². The average Bonchev–Trinajstić information content (AvgIpc) is 2.76. The van der Waals surface area contributed by atoms with Crippen LogP contribution in [0.1, 0.15) is 11.3 Å². The van der Waals surface area contributed by atoms with Crippen molar-refractivity contribution in [3.8, 4) is 0 Å². The van der Waals surface area contributed by atoms with Crippen molar-refractivity contribution in [2.45, 2.75) is 13.0 Å². The smallest absolute Gasteiger partial charge is 0.250 e. The number of hydrogen-bond acceptors (Lipinski definition) is 4. The van der Waals surface area contributed by atoms with Crippen LogP contribution in [0.15, 0.2) is 35.4 Å². The number of nitrogens with one attached hydrogen (secondary N) is 1. The highest BCUT2D eigenvalue weighted by atomic mass is 19.1. The van der Waals surface area contributed by atoms with Crippen molar-refractivity contribution in [2.75, 3.05) is 26.3 Å². The van der Waals surface area contributed by atoms with Crippen molar-refractivity contribution in [3.05, 3.63) is 63.8 Å². The predicted molar refractivity (Wildman–Crippen MR) is 84.5 cm³/mol. The van der Waals surface area contributed by atoms with Gasteiger partial charge < -0.3 is 9.72 Å². The lowest BCUT2D eigenvalue weighted by atomic mass is 10.0. The number of halogens is 2. The van der Waals surface area contributed by atoms with Crippen molar-refractivity contribution in [2.24, 2.45) is 5.92 Å². The first-order chi connectivity index (χ1) is 11.6. The number of ether oxygens (including phenoxy) is 1. The van der Waals surface area contributed by atoms with E-state index in [2.05, 4.69) is 9.97 Å². The molecule has 5 nitrogen and oxygen atoms in total. The van der Waals surface area contributed by atoms with Crippen LogP contribution in [0.2, 0.25) is 0 Å². The third-order valence-electron chi connectivity index (χ3n) is 4.10. The lowest BCUT2D eigenvalue weighted by Crippen LogP contribution is -2.31. The van der Waals surface area contributed by atoms with Crippen LogP contribution in [-0.2, 0) is 17.7 Å². The minimum Gasteiger partial charge on any atom is -0.380 e. The number of hydrogen-bond donors (Lipinski definition) is 1. The minimum absolute atomic E-state index is 0.0763. The van der Waals surface area contributed by atoms with Gasteiger partial charge in [-0.05, 0) is 18.6 Å². The van der Waals surface area contributed by atoms with Crippen LogP contribution in [0, 0.1) is 17.6 Å². The topological polar surface area (TPSA) is 58.2 Å². The van der Waals surface area contributed by atoms with Gasteiger partial charge in [0.2, 0.25) is 0 Å². The highest BCUT2D eigenvalue weighted by molar-refractivity contribution is 5.19. The van der Waals surface area contributed by atoms with E-state index in [9.17, 15) is 13.6 Å². The van der Waals surface area contributed by atoms with Crippen LogP contribution in [0.4, 0.5) is 8.78 Å². The average molecular weight is 335 g/mol. The van der Waals surface area contributed by atoms with Gasteiger partial charge in [-0.25, -0.2) is 13.8 Å². The van der Waals surface area contributed by atoms with E-state index in [1.807, 2.05) is 4.90 Å². The summed E-state index contributed by atoms with van der Waals surface area (Å²) in [6.45, 7) is 2.47. The first-order valence-corrected chi connectivity index (χ1v) is 7.88. The third kappa shape index (κ3) is 4.24. The van der Waals surface area contributed by atoms with E-state index in [4.69, 9.17) is 4.74 Å². The summed E-state index contributed by atoms with van der Waals surface area (Å²) in [7, 11) is 0. The van der Waals surface area contributed by atoms with Crippen molar-refractivity contribution in [1.82, 2.24) is 14.9 Å². The molecule has 0 amide bonds. The van der Waals surface area contributed by atoms with E-state index in [1.54, 1.807) is 0 Å². The van der Waals surface area contributed by atoms with Crippen LogP contribution in [0.5, 0.6) is 0 Å². The molecule has 2 aromatic rings. The first-order valence-electron chi connectivity index (χ1n) is 7.88. The van der Waals surface area contributed by atoms with Gasteiger partial charge in [-0.15, -0.1) is 0 Å². The molecular formula is C17H19F2N3O2. The summed E-state index contributed by atoms with van der Waals surface area (Å²) in [5.74, 6) is -0.961. The van der Waals surface area contributed by atoms with E-state index >= 15 is 0 Å². The lowest BCUT2D eigenvalue weighted by molar-refractivity contribution is 0.121. The molecular weight excluding hydrogens is 316 g/mol. The molecule has 1 aromatic heterocycles. The molecule has 1 fully saturated rings. The summed E-state index contributed by atoms with van der Waals surface area (Å²) < 4.78 is 33.3. The lowest BCUT2D eigenvalue weighted by Gasteiger charge is -2.23. The summed E-state index contributed by atoms with van der Waals surface area (Å²) in [6.07, 6.45) is 1.96. The van der Waals surface area contributed by atoms with Crippen LogP contribution in [0.3, 0.4) is 0 Å². The Bertz CT molecular complexity index is 730. The summed E-state index contributed by atoms with van der Waals surface area (Å²) in [4.78, 5) is 20.0. The van der Waals surface area contributed by atoms with Crippen LogP contribution in [-0.4, -0.2) is 41.2 Å². The standard InChI is InChI=1S/C17H19F2N3O2/c18-15-2-1-3-16(19)14(15)9-22-4-5-24-10-12(8-22)6-13-7-17(23)21-11-20-13/h1-3,7,11-12H,4-6,8-10H2,(H,20,21,23)/t12-/m0/s1. The molecule has 0 bridgehead atoms. The predicted octanol–water partition coefficient (Wildman–Crippen LogP) is 1.74. The molecule has 0 radical (unpaired) electrons. The molecule has 24 heavy (non-hydrogen) atoms. The summed E-state index contributed by atoms with van der Waals surface area (Å²) in [5.41, 5.74) is 0.568. The van der Waals surface area contributed by atoms with Gasteiger partial charge >= 0.3 is 0 Å². The zero-order chi connectivity index (χ0) is 16.9. The van der Waals surface area contributed by atoms with Crippen LogP contribution >= 0.6 is 0 Å². The Morgan fingerprint density at radius 1 is 1.33 bits per heavy atom. The summed E-state index contributed by atoms with van der Waals surface area (Å²) >= 11 is 0. The Labute approximate surface area is 138 Å². The molecule has 1 saturated heterocycles. The Morgan fingerprint density at radius 3 is 2.88 bits per heavy atom. The summed E-state index contributed by atoms with van der Waals surface area (Å²) in [6, 6.07) is 5.36. The van der Waals surface area contributed by atoms with Gasteiger partial charge in [-0.3, -0.25) is 9.69 Å². The number of benzene rings is 1. The van der Waals surface area contributed by atoms with E-state index in [0.717, 1.165) is 0 Å². The second-order valence-corrected chi connectivity index (χ2v) is 5.98. The number of nitrogens with zero attached hydrogens (tertiary/aromatic N) is 2. The van der Waals surface area contributed by atoms with E-state index in [1.165, 1.54) is 30.6 Å². The zero-order valence-electron chi connectivity index (χ0n) is 13.2. The maximum atomic E-state index is 13.8. The van der Waals surface area contributed by atoms with Gasteiger partial charge in [0, 0.05) is 42.9 Å². The molecule has 0 spiro atoms. The molecule has 1 N–H and O–H groups in total. The molecule has 3 rings (SSSR count). The van der Waals surface area contributed by atoms with Crippen LogP contribution < -0.4 is 5.56 Å². The van der Waals surface area contributed by atoms with E-state index in [-0.39, 0.29) is 23.6 Å². The monoisotopic (exact) mass is 335 g/mol. The van der Waals surface area contributed by atoms with E-state index in [0.29, 0.717) is 38.4 Å². The zero-order valence-corrected chi connectivity index (χ0v) is 13.2. The molecule has 0 unspecified atom stereocenters. The second-order valence-electron chi connectivity index (χ2n) is 5.98. The number of H-pyrrole nitrogens is 1. The molecule has 1 aliphatic heterocycles. The maximum absolute atomic E-state index is 13.8. The molecule has 0 aliphatic carbocycles. The minimum atomic E-state index is -0.534. The molecule has 1 aliphatic rings. The Morgan fingerprint density at radius 2 is 2.12 bits per heavy atom. The number of rotatable bonds is 4. The van der Waals surface area contributed by atoms with Gasteiger partial charge in [-0.1, -0.05) is 6.07 Å². The van der Waals surface area contributed by atoms with Crippen LogP contribution in [0.25, 0.3) is 0 Å². The Hall–Kier alpha value is -2.12. The van der Waals surface area contributed by atoms with Gasteiger partial charge in [0.05, 0.1) is 19.5 Å². The fraction of sp³-hybridized carbons (Fsp3) is 0.412. The largest absolute Gasteiger partial charge is 0.380 e. The Kier molecular flexibility index (Phi) is 5.32. The molecule has 1 atom stereocenters. The molecule has 0 saturated carbocycles. The fourth-order valence-corrected chi connectivity index (χ4v) is 2.94. The Balaban J connectivity index is 1.69. The number of aromatic amines is 1. The molecule has 2 heterocycles. The molecule has 7 heteroatoms. The van der Waals surface area contributed by atoms with Crippen molar-refractivity contribution in [1.29, 1.82) is 0 Å². The van der Waals surface area contributed by atoms with Gasteiger partial charge in [0.1, 0.15) is 11.6 Å². The van der Waals surface area contributed by atoms with Crippen molar-refractivity contribution >= 4 is 0 Å². The molecule has 128 valence electrons. The maximum Gasteiger partial charge on any atom is 0.250 e. The SMILES string of the molecule is O=c1cc(C[C@@H]2COCCN(Cc3c(F)cccc3F)C2)nc[nH]1. The highest BCUT2D eigenvalue weighted by Crippen LogP contribution is 2.18. The number of aromatic nitrogens is 2. The third-order valence-corrected chi connectivity index (χ3v) is 4.10. The van der Waals surface area contributed by atoms with Crippen molar-refractivity contribution < 1.29 is 13.5 Å².